The lowest BCUT2D eigenvalue weighted by atomic mass is 9.64. The smallest absolute Gasteiger partial charge is 0.137 e. The van der Waals surface area contributed by atoms with Crippen LogP contribution in [0.2, 0.25) is 0 Å². The Hall–Kier alpha value is -1.72. The minimum Gasteiger partial charge on any atom is -0.378 e. The highest BCUT2D eigenvalue weighted by Gasteiger charge is 2.48. The zero-order chi connectivity index (χ0) is 16.3. The van der Waals surface area contributed by atoms with E-state index in [-0.39, 0.29) is 5.41 Å². The lowest BCUT2D eigenvalue weighted by Crippen LogP contribution is -2.60. The molecule has 0 spiro atoms. The summed E-state index contributed by atoms with van der Waals surface area (Å²) in [5, 5.41) is 7.80. The summed E-state index contributed by atoms with van der Waals surface area (Å²) in [6, 6.07) is 9.21. The van der Waals surface area contributed by atoms with Crippen molar-refractivity contribution in [2.75, 3.05) is 6.61 Å². The Kier molecular flexibility index (Phi) is 4.78. The number of aromatic nitrogens is 3. The maximum Gasteiger partial charge on any atom is 0.137 e. The fourth-order valence-corrected chi connectivity index (χ4v) is 3.22. The lowest BCUT2D eigenvalue weighted by molar-refractivity contribution is -0.114. The van der Waals surface area contributed by atoms with E-state index in [4.69, 9.17) is 4.74 Å². The van der Waals surface area contributed by atoms with Gasteiger partial charge in [-0.05, 0) is 24.5 Å². The molecule has 124 valence electrons. The average Bonchev–Trinajstić information content (AvgIpc) is 3.04. The topological polar surface area (TPSA) is 52.0 Å². The van der Waals surface area contributed by atoms with Crippen LogP contribution < -0.4 is 5.32 Å². The molecule has 1 N–H and O–H groups in total. The first-order chi connectivity index (χ1) is 11.1. The average molecular weight is 314 g/mol. The van der Waals surface area contributed by atoms with Crippen molar-refractivity contribution in [1.82, 2.24) is 20.1 Å². The molecule has 2 atom stereocenters. The fourth-order valence-electron chi connectivity index (χ4n) is 3.22. The molecule has 0 amide bonds. The van der Waals surface area contributed by atoms with Crippen molar-refractivity contribution in [3.05, 3.63) is 48.0 Å². The van der Waals surface area contributed by atoms with Crippen molar-refractivity contribution in [2.24, 2.45) is 5.41 Å². The van der Waals surface area contributed by atoms with Crippen LogP contribution in [0.5, 0.6) is 0 Å². The molecule has 1 aromatic heterocycles. The van der Waals surface area contributed by atoms with Crippen molar-refractivity contribution in [2.45, 2.75) is 52.4 Å². The van der Waals surface area contributed by atoms with Gasteiger partial charge >= 0.3 is 0 Å². The SMILES string of the molecule is CCO[C@H]1C[C@@H](NCc2ccc(Cn3cncn3)cc2)C1(C)C. The predicted octanol–water partition coefficient (Wildman–Crippen LogP) is 2.62. The van der Waals surface area contributed by atoms with Crippen LogP contribution in [0, 0.1) is 5.41 Å². The van der Waals surface area contributed by atoms with Crippen LogP contribution >= 0.6 is 0 Å². The van der Waals surface area contributed by atoms with Gasteiger partial charge in [-0.15, -0.1) is 0 Å². The Bertz CT molecular complexity index is 606. The van der Waals surface area contributed by atoms with Crippen molar-refractivity contribution < 1.29 is 4.74 Å². The largest absolute Gasteiger partial charge is 0.378 e. The highest BCUT2D eigenvalue weighted by Crippen LogP contribution is 2.42. The third-order valence-corrected chi connectivity index (χ3v) is 4.93. The molecule has 5 heteroatoms. The third-order valence-electron chi connectivity index (χ3n) is 4.93. The summed E-state index contributed by atoms with van der Waals surface area (Å²) in [7, 11) is 0. The van der Waals surface area contributed by atoms with E-state index in [1.165, 1.54) is 11.1 Å². The molecule has 1 aromatic carbocycles. The van der Waals surface area contributed by atoms with Gasteiger partial charge in [0, 0.05) is 24.6 Å². The second-order valence-corrected chi connectivity index (χ2v) is 6.84. The van der Waals surface area contributed by atoms with Crippen LogP contribution in [0.3, 0.4) is 0 Å². The standard InChI is InChI=1S/C18H26N4O/c1-4-23-17-9-16(18(17,2)3)20-10-14-5-7-15(8-6-14)11-22-13-19-12-21-22/h5-8,12-13,16-17,20H,4,9-11H2,1-3H3/t16-,17+/m1/s1. The maximum absolute atomic E-state index is 5.79. The molecule has 1 heterocycles. The van der Waals surface area contributed by atoms with Gasteiger partial charge in [-0.3, -0.25) is 0 Å². The van der Waals surface area contributed by atoms with Gasteiger partial charge in [-0.2, -0.15) is 5.10 Å². The van der Waals surface area contributed by atoms with E-state index in [9.17, 15) is 0 Å². The monoisotopic (exact) mass is 314 g/mol. The molecule has 23 heavy (non-hydrogen) atoms. The van der Waals surface area contributed by atoms with Crippen LogP contribution in [-0.2, 0) is 17.8 Å². The second-order valence-electron chi connectivity index (χ2n) is 6.84. The number of rotatable bonds is 7. The Balaban J connectivity index is 1.49. The zero-order valence-electron chi connectivity index (χ0n) is 14.2. The van der Waals surface area contributed by atoms with E-state index in [2.05, 4.69) is 60.4 Å². The molecule has 2 aromatic rings. The molecule has 1 aliphatic rings. The molecule has 3 rings (SSSR count). The first-order valence-electron chi connectivity index (χ1n) is 8.35. The second kappa shape index (κ2) is 6.81. The molecule has 0 saturated heterocycles. The molecule has 5 nitrogen and oxygen atoms in total. The summed E-state index contributed by atoms with van der Waals surface area (Å²) in [5.74, 6) is 0. The van der Waals surface area contributed by atoms with Gasteiger partial charge in [-0.25, -0.2) is 9.67 Å². The Morgan fingerprint density at radius 1 is 1.26 bits per heavy atom. The molecular weight excluding hydrogens is 288 g/mol. The molecule has 1 aliphatic carbocycles. The molecule has 0 aliphatic heterocycles. The van der Waals surface area contributed by atoms with Crippen LogP contribution in [0.25, 0.3) is 0 Å². The van der Waals surface area contributed by atoms with E-state index in [1.54, 1.807) is 12.7 Å². The van der Waals surface area contributed by atoms with E-state index in [1.807, 2.05) is 4.68 Å². The summed E-state index contributed by atoms with van der Waals surface area (Å²) in [4.78, 5) is 3.96. The molecule has 1 fully saturated rings. The van der Waals surface area contributed by atoms with Crippen LogP contribution in [-0.4, -0.2) is 33.5 Å². The highest BCUT2D eigenvalue weighted by atomic mass is 16.5. The molecule has 0 bridgehead atoms. The Labute approximate surface area is 138 Å². The summed E-state index contributed by atoms with van der Waals surface area (Å²) < 4.78 is 7.62. The van der Waals surface area contributed by atoms with Gasteiger partial charge in [0.25, 0.3) is 0 Å². The Morgan fingerprint density at radius 3 is 2.61 bits per heavy atom. The van der Waals surface area contributed by atoms with E-state index < -0.39 is 0 Å². The van der Waals surface area contributed by atoms with Crippen molar-refractivity contribution in [3.8, 4) is 0 Å². The first-order valence-corrected chi connectivity index (χ1v) is 8.35. The summed E-state index contributed by atoms with van der Waals surface area (Å²) in [5.41, 5.74) is 2.76. The minimum atomic E-state index is 0.211. The number of ether oxygens (including phenoxy) is 1. The number of nitrogens with one attached hydrogen (secondary N) is 1. The normalized spacial score (nSPS) is 22.7. The van der Waals surface area contributed by atoms with E-state index >= 15 is 0 Å². The zero-order valence-corrected chi connectivity index (χ0v) is 14.2. The number of nitrogens with zero attached hydrogens (tertiary/aromatic N) is 3. The molecule has 0 radical (unpaired) electrons. The fraction of sp³-hybridized carbons (Fsp3) is 0.556. The van der Waals surface area contributed by atoms with Crippen LogP contribution in [0.4, 0.5) is 0 Å². The summed E-state index contributed by atoms with van der Waals surface area (Å²) in [6.45, 7) is 9.10. The number of hydrogen-bond acceptors (Lipinski definition) is 4. The van der Waals surface area contributed by atoms with Gasteiger partial charge in [-0.1, -0.05) is 38.1 Å². The molecule has 0 unspecified atom stereocenters. The maximum atomic E-state index is 5.79. The molecular formula is C18H26N4O. The van der Waals surface area contributed by atoms with Gasteiger partial charge in [0.2, 0.25) is 0 Å². The number of hydrogen-bond donors (Lipinski definition) is 1. The quantitative estimate of drug-likeness (QED) is 0.853. The van der Waals surface area contributed by atoms with Gasteiger partial charge in [0.15, 0.2) is 0 Å². The van der Waals surface area contributed by atoms with Crippen LogP contribution in [0.15, 0.2) is 36.9 Å². The van der Waals surface area contributed by atoms with Gasteiger partial charge < -0.3 is 10.1 Å². The van der Waals surface area contributed by atoms with Gasteiger partial charge in [0.05, 0.1) is 12.6 Å². The highest BCUT2D eigenvalue weighted by molar-refractivity contribution is 5.23. The van der Waals surface area contributed by atoms with Crippen LogP contribution in [0.1, 0.15) is 38.3 Å². The van der Waals surface area contributed by atoms with E-state index in [0.717, 1.165) is 26.1 Å². The lowest BCUT2D eigenvalue weighted by Gasteiger charge is -2.52. The Morgan fingerprint density at radius 2 is 2.00 bits per heavy atom. The summed E-state index contributed by atoms with van der Waals surface area (Å²) in [6.07, 6.45) is 4.79. The minimum absolute atomic E-state index is 0.211. The summed E-state index contributed by atoms with van der Waals surface area (Å²) >= 11 is 0. The first kappa shape index (κ1) is 16.1. The molecule has 1 saturated carbocycles. The van der Waals surface area contributed by atoms with Crippen molar-refractivity contribution in [1.29, 1.82) is 0 Å². The van der Waals surface area contributed by atoms with Gasteiger partial charge in [0.1, 0.15) is 12.7 Å². The van der Waals surface area contributed by atoms with Crippen molar-refractivity contribution in [3.63, 3.8) is 0 Å². The predicted molar refractivity (Wildman–Crippen MR) is 90.0 cm³/mol. The van der Waals surface area contributed by atoms with Crippen molar-refractivity contribution >= 4 is 0 Å². The van der Waals surface area contributed by atoms with E-state index in [0.29, 0.717) is 12.1 Å². The third kappa shape index (κ3) is 3.62. The number of benzene rings is 1.